The SMILES string of the molecule is O=C(NCCCn1nc(C(F)(F)F)cc1C1CC1)c1cc(-c2ccc3c(c2)OCO3)n[nH]1. The van der Waals surface area contributed by atoms with Crippen LogP contribution in [0.4, 0.5) is 13.2 Å². The molecule has 168 valence electrons. The van der Waals surface area contributed by atoms with E-state index in [4.69, 9.17) is 9.47 Å². The van der Waals surface area contributed by atoms with Crippen molar-refractivity contribution in [1.82, 2.24) is 25.3 Å². The number of hydrogen-bond acceptors (Lipinski definition) is 5. The second-order valence-corrected chi connectivity index (χ2v) is 7.79. The minimum Gasteiger partial charge on any atom is -0.454 e. The van der Waals surface area contributed by atoms with E-state index in [0.29, 0.717) is 42.4 Å². The van der Waals surface area contributed by atoms with Crippen molar-refractivity contribution >= 4 is 5.91 Å². The van der Waals surface area contributed by atoms with E-state index in [9.17, 15) is 18.0 Å². The van der Waals surface area contributed by atoms with Crippen LogP contribution >= 0.6 is 0 Å². The number of alkyl halides is 3. The number of halogens is 3. The Bertz CT molecular complexity index is 1150. The first-order valence-electron chi connectivity index (χ1n) is 10.3. The summed E-state index contributed by atoms with van der Waals surface area (Å²) >= 11 is 0. The molecule has 0 saturated heterocycles. The Balaban J connectivity index is 1.17. The summed E-state index contributed by atoms with van der Waals surface area (Å²) in [5.41, 5.74) is 1.40. The molecule has 0 radical (unpaired) electrons. The molecule has 5 rings (SSSR count). The van der Waals surface area contributed by atoms with E-state index in [1.54, 1.807) is 18.2 Å². The van der Waals surface area contributed by atoms with Gasteiger partial charge in [-0.3, -0.25) is 14.6 Å². The predicted molar refractivity (Wildman–Crippen MR) is 106 cm³/mol. The molecule has 1 amide bonds. The Hall–Kier alpha value is -3.50. The Morgan fingerprint density at radius 3 is 2.78 bits per heavy atom. The number of aromatic nitrogens is 4. The van der Waals surface area contributed by atoms with Gasteiger partial charge in [-0.05, 0) is 49.6 Å². The van der Waals surface area contributed by atoms with Gasteiger partial charge in [-0.1, -0.05) is 0 Å². The molecule has 1 saturated carbocycles. The summed E-state index contributed by atoms with van der Waals surface area (Å²) in [6, 6.07) is 8.15. The molecule has 1 fully saturated rings. The fourth-order valence-corrected chi connectivity index (χ4v) is 3.62. The minimum absolute atomic E-state index is 0.146. The Morgan fingerprint density at radius 1 is 1.19 bits per heavy atom. The maximum absolute atomic E-state index is 13.0. The highest BCUT2D eigenvalue weighted by molar-refractivity contribution is 5.93. The number of fused-ring (bicyclic) bond motifs is 1. The van der Waals surface area contributed by atoms with Gasteiger partial charge in [-0.15, -0.1) is 0 Å². The van der Waals surface area contributed by atoms with E-state index < -0.39 is 11.9 Å². The van der Waals surface area contributed by atoms with Crippen LogP contribution in [0.25, 0.3) is 11.3 Å². The molecule has 1 aromatic carbocycles. The molecule has 8 nitrogen and oxygen atoms in total. The molecule has 32 heavy (non-hydrogen) atoms. The highest BCUT2D eigenvalue weighted by Gasteiger charge is 2.37. The maximum Gasteiger partial charge on any atom is 0.435 e. The van der Waals surface area contributed by atoms with Crippen molar-refractivity contribution in [2.75, 3.05) is 13.3 Å². The van der Waals surface area contributed by atoms with E-state index in [-0.39, 0.29) is 24.3 Å². The lowest BCUT2D eigenvalue weighted by Crippen LogP contribution is -2.25. The summed E-state index contributed by atoms with van der Waals surface area (Å²) in [6.45, 7) is 0.765. The van der Waals surface area contributed by atoms with Gasteiger partial charge in [-0.2, -0.15) is 23.4 Å². The van der Waals surface area contributed by atoms with Crippen LogP contribution in [0.15, 0.2) is 30.3 Å². The summed E-state index contributed by atoms with van der Waals surface area (Å²) in [7, 11) is 0. The van der Waals surface area contributed by atoms with Crippen LogP contribution in [-0.4, -0.2) is 39.2 Å². The monoisotopic (exact) mass is 447 g/mol. The van der Waals surface area contributed by atoms with Crippen molar-refractivity contribution < 1.29 is 27.4 Å². The first kappa shape index (κ1) is 20.4. The molecule has 0 unspecified atom stereocenters. The molecule has 3 heterocycles. The minimum atomic E-state index is -4.46. The van der Waals surface area contributed by atoms with Crippen molar-refractivity contribution in [3.05, 3.63) is 47.4 Å². The number of carbonyl (C=O) groups is 1. The number of hydrogen-bond donors (Lipinski definition) is 2. The number of aromatic amines is 1. The maximum atomic E-state index is 13.0. The Labute approximate surface area is 180 Å². The number of aryl methyl sites for hydroxylation is 1. The van der Waals surface area contributed by atoms with Crippen LogP contribution in [0.2, 0.25) is 0 Å². The molecule has 1 aliphatic heterocycles. The normalized spacial score (nSPS) is 15.2. The fourth-order valence-electron chi connectivity index (χ4n) is 3.62. The molecule has 0 spiro atoms. The lowest BCUT2D eigenvalue weighted by atomic mass is 10.1. The van der Waals surface area contributed by atoms with Crippen LogP contribution in [0.1, 0.15) is 47.1 Å². The number of rotatable bonds is 7. The number of nitrogens with zero attached hydrogens (tertiary/aromatic N) is 3. The van der Waals surface area contributed by atoms with Crippen molar-refractivity contribution in [2.45, 2.75) is 37.9 Å². The molecule has 0 bridgehead atoms. The third-order valence-corrected chi connectivity index (χ3v) is 5.42. The second kappa shape index (κ2) is 7.88. The molecule has 2 N–H and O–H groups in total. The van der Waals surface area contributed by atoms with Gasteiger partial charge in [0.05, 0.1) is 5.69 Å². The Kier molecular flexibility index (Phi) is 5.03. The first-order chi connectivity index (χ1) is 15.4. The molecule has 2 aliphatic rings. The van der Waals surface area contributed by atoms with Crippen LogP contribution in [-0.2, 0) is 12.7 Å². The van der Waals surface area contributed by atoms with Gasteiger partial charge < -0.3 is 14.8 Å². The average Bonchev–Trinajstić information content (AvgIpc) is 3.18. The topological polar surface area (TPSA) is 94.1 Å². The third kappa shape index (κ3) is 4.14. The smallest absolute Gasteiger partial charge is 0.435 e. The average molecular weight is 447 g/mol. The van der Waals surface area contributed by atoms with E-state index >= 15 is 0 Å². The molecular weight excluding hydrogens is 427 g/mol. The summed E-state index contributed by atoms with van der Waals surface area (Å²) in [5.74, 6) is 1.08. The lowest BCUT2D eigenvalue weighted by Gasteiger charge is -2.07. The molecule has 2 aromatic heterocycles. The number of benzene rings is 1. The number of H-pyrrole nitrogens is 1. The summed E-state index contributed by atoms with van der Waals surface area (Å²) < 4.78 is 51.0. The van der Waals surface area contributed by atoms with Gasteiger partial charge in [0, 0.05) is 30.3 Å². The third-order valence-electron chi connectivity index (χ3n) is 5.42. The standard InChI is InChI=1S/C21H20F3N5O3/c22-21(23,24)19-10-16(12-2-3-12)29(28-19)7-1-6-25-20(30)15-9-14(26-27-15)13-4-5-17-18(8-13)32-11-31-17/h4-5,8-10,12H,1-3,6-7,11H2,(H,25,30)(H,26,27). The molecule has 1 aliphatic carbocycles. The fraction of sp³-hybridized carbons (Fsp3) is 0.381. The van der Waals surface area contributed by atoms with Gasteiger partial charge in [-0.25, -0.2) is 0 Å². The lowest BCUT2D eigenvalue weighted by molar-refractivity contribution is -0.141. The van der Waals surface area contributed by atoms with Gasteiger partial charge in [0.15, 0.2) is 17.2 Å². The summed E-state index contributed by atoms with van der Waals surface area (Å²) in [4.78, 5) is 12.4. The van der Waals surface area contributed by atoms with Crippen molar-refractivity contribution in [1.29, 1.82) is 0 Å². The summed E-state index contributed by atoms with van der Waals surface area (Å²) in [6.07, 6.45) is -2.25. The number of amides is 1. The van der Waals surface area contributed by atoms with Gasteiger partial charge >= 0.3 is 6.18 Å². The van der Waals surface area contributed by atoms with Gasteiger partial charge in [0.1, 0.15) is 5.69 Å². The van der Waals surface area contributed by atoms with E-state index in [0.717, 1.165) is 24.5 Å². The zero-order valence-electron chi connectivity index (χ0n) is 16.9. The molecule has 3 aromatic rings. The zero-order valence-corrected chi connectivity index (χ0v) is 16.9. The van der Waals surface area contributed by atoms with E-state index in [1.807, 2.05) is 6.07 Å². The van der Waals surface area contributed by atoms with Crippen LogP contribution in [0.3, 0.4) is 0 Å². The number of nitrogens with one attached hydrogen (secondary N) is 2. The van der Waals surface area contributed by atoms with Crippen molar-refractivity contribution in [2.24, 2.45) is 0 Å². The highest BCUT2D eigenvalue weighted by Crippen LogP contribution is 2.42. The van der Waals surface area contributed by atoms with Gasteiger partial charge in [0.2, 0.25) is 6.79 Å². The first-order valence-corrected chi connectivity index (χ1v) is 10.3. The zero-order chi connectivity index (χ0) is 22.3. The quantitative estimate of drug-likeness (QED) is 0.539. The second-order valence-electron chi connectivity index (χ2n) is 7.79. The number of ether oxygens (including phenoxy) is 2. The van der Waals surface area contributed by atoms with Crippen molar-refractivity contribution in [3.8, 4) is 22.8 Å². The van der Waals surface area contributed by atoms with Crippen LogP contribution in [0.5, 0.6) is 11.5 Å². The highest BCUT2D eigenvalue weighted by atomic mass is 19.4. The van der Waals surface area contributed by atoms with E-state index in [2.05, 4.69) is 20.6 Å². The van der Waals surface area contributed by atoms with Crippen LogP contribution in [0, 0.1) is 0 Å². The summed E-state index contributed by atoms with van der Waals surface area (Å²) in [5, 5.41) is 13.4. The van der Waals surface area contributed by atoms with Crippen molar-refractivity contribution in [3.63, 3.8) is 0 Å². The molecular formula is C21H20F3N5O3. The molecule has 11 heteroatoms. The van der Waals surface area contributed by atoms with Gasteiger partial charge in [0.25, 0.3) is 5.91 Å². The number of carbonyl (C=O) groups excluding carboxylic acids is 1. The van der Waals surface area contributed by atoms with E-state index in [1.165, 1.54) is 4.68 Å². The van der Waals surface area contributed by atoms with Crippen LogP contribution < -0.4 is 14.8 Å². The molecule has 0 atom stereocenters. The predicted octanol–water partition coefficient (Wildman–Crippen LogP) is 3.72. The largest absolute Gasteiger partial charge is 0.454 e. The Morgan fingerprint density at radius 2 is 2.00 bits per heavy atom.